The molecular weight excluding hydrogens is 520 g/mol. The average molecular weight is 551 g/mol. The number of carbonyl (C=O) groups excluding carboxylic acids is 4. The van der Waals surface area contributed by atoms with E-state index in [-0.39, 0.29) is 62.7 Å². The van der Waals surface area contributed by atoms with Crippen LogP contribution in [0.2, 0.25) is 0 Å². The first-order valence-electron chi connectivity index (χ1n) is 9.51. The molecule has 0 bridgehead atoms. The molecule has 0 aromatic rings. The van der Waals surface area contributed by atoms with Crippen molar-refractivity contribution in [3.05, 3.63) is 0 Å². The van der Waals surface area contributed by atoms with Gasteiger partial charge in [-0.05, 0) is 0 Å². The Bertz CT molecular complexity index is 541. The summed E-state index contributed by atoms with van der Waals surface area (Å²) in [6, 6.07) is 0. The summed E-state index contributed by atoms with van der Waals surface area (Å²) < 4.78 is 25.8. The number of ether oxygens (including phenoxy) is 5. The van der Waals surface area contributed by atoms with Crippen LogP contribution in [-0.4, -0.2) is 110 Å². The Morgan fingerprint density at radius 2 is 0.758 bits per heavy atom. The molecule has 0 aromatic heterocycles. The zero-order valence-corrected chi connectivity index (χ0v) is 21.4. The molecule has 0 aromatic carbocycles. The van der Waals surface area contributed by atoms with Gasteiger partial charge in [-0.3, -0.25) is 19.2 Å². The van der Waals surface area contributed by atoms with Crippen LogP contribution >= 0.6 is 50.5 Å². The highest BCUT2D eigenvalue weighted by molar-refractivity contribution is 7.81. The van der Waals surface area contributed by atoms with E-state index in [2.05, 4.69) is 50.5 Å². The summed E-state index contributed by atoms with van der Waals surface area (Å²) in [5, 5.41) is 19.9. The lowest BCUT2D eigenvalue weighted by Gasteiger charge is -2.34. The summed E-state index contributed by atoms with van der Waals surface area (Å²) in [5.74, 6) is -3.51. The third-order valence-corrected chi connectivity index (χ3v) is 5.19. The molecule has 11 nitrogen and oxygen atoms in total. The molecule has 0 heterocycles. The fourth-order valence-electron chi connectivity index (χ4n) is 2.12. The Hall–Kier alpha value is -0.840. The molecular formula is C18H30O11S4. The number of carbonyl (C=O) groups is 4. The van der Waals surface area contributed by atoms with E-state index in [1.54, 1.807) is 0 Å². The molecule has 0 atom stereocenters. The van der Waals surface area contributed by atoms with E-state index in [1.807, 2.05) is 0 Å². The van der Waals surface area contributed by atoms with Crippen LogP contribution in [0, 0.1) is 10.8 Å². The zero-order valence-electron chi connectivity index (χ0n) is 17.8. The summed E-state index contributed by atoms with van der Waals surface area (Å²) in [6.07, 6.45) is 0. The van der Waals surface area contributed by atoms with Crippen molar-refractivity contribution in [2.24, 2.45) is 10.8 Å². The second-order valence-electron chi connectivity index (χ2n) is 7.08. The highest BCUT2D eigenvalue weighted by atomic mass is 32.1. The number of hydrogen-bond acceptors (Lipinski definition) is 15. The van der Waals surface area contributed by atoms with Crippen molar-refractivity contribution in [2.45, 2.75) is 0 Å². The van der Waals surface area contributed by atoms with Gasteiger partial charge in [0.15, 0.2) is 0 Å². The van der Waals surface area contributed by atoms with Gasteiger partial charge >= 0.3 is 23.9 Å². The van der Waals surface area contributed by atoms with Gasteiger partial charge in [0, 0.05) is 0 Å². The smallest absolute Gasteiger partial charge is 0.315 e. The molecule has 0 rings (SSSR count). The number of aliphatic hydroxyl groups excluding tert-OH is 2. The normalized spacial score (nSPS) is 11.6. The standard InChI is InChI=1S/C18H30O11S4/c19-5-17(9-26-13(21)1-30,10-27-14(22)2-31)7-25-8-18(6-20,11-28-15(23)3-32)12-29-16(24)4-33/h19-20,30-33H,1-12H2. The second-order valence-corrected chi connectivity index (χ2v) is 8.35. The number of rotatable bonds is 18. The molecule has 0 fully saturated rings. The highest BCUT2D eigenvalue weighted by Gasteiger charge is 2.38. The second kappa shape index (κ2) is 17.6. The van der Waals surface area contributed by atoms with E-state index in [0.717, 1.165) is 0 Å². The molecule has 0 saturated heterocycles. The third kappa shape index (κ3) is 13.0. The number of aliphatic hydroxyl groups is 2. The van der Waals surface area contributed by atoms with E-state index >= 15 is 0 Å². The molecule has 2 N–H and O–H groups in total. The largest absolute Gasteiger partial charge is 0.464 e. The zero-order chi connectivity index (χ0) is 25.3. The van der Waals surface area contributed by atoms with Crippen LogP contribution in [0.4, 0.5) is 0 Å². The Kier molecular flexibility index (Phi) is 17.1. The molecule has 0 radical (unpaired) electrons. The quantitative estimate of drug-likeness (QED) is 0.0697. The minimum Gasteiger partial charge on any atom is -0.464 e. The van der Waals surface area contributed by atoms with E-state index in [0.29, 0.717) is 0 Å². The topological polar surface area (TPSA) is 155 Å². The predicted octanol–water partition coefficient (Wildman–Crippen LogP) is -1.15. The average Bonchev–Trinajstić information content (AvgIpc) is 2.85. The van der Waals surface area contributed by atoms with Gasteiger partial charge in [0.05, 0.1) is 60.3 Å². The molecule has 0 aliphatic heterocycles. The van der Waals surface area contributed by atoms with Crippen LogP contribution in [0.5, 0.6) is 0 Å². The van der Waals surface area contributed by atoms with Crippen LogP contribution in [0.25, 0.3) is 0 Å². The van der Waals surface area contributed by atoms with E-state index in [9.17, 15) is 29.4 Å². The lowest BCUT2D eigenvalue weighted by Crippen LogP contribution is -2.46. The van der Waals surface area contributed by atoms with Crippen LogP contribution < -0.4 is 0 Å². The lowest BCUT2D eigenvalue weighted by atomic mass is 9.90. The molecule has 192 valence electrons. The minimum absolute atomic E-state index is 0.209. The number of esters is 4. The van der Waals surface area contributed by atoms with Gasteiger partial charge in [0.2, 0.25) is 0 Å². The molecule has 33 heavy (non-hydrogen) atoms. The van der Waals surface area contributed by atoms with E-state index in [1.165, 1.54) is 0 Å². The Balaban J connectivity index is 5.43. The molecule has 0 amide bonds. The summed E-state index contributed by atoms with van der Waals surface area (Å²) in [5.41, 5.74) is -2.69. The van der Waals surface area contributed by atoms with Crippen LogP contribution in [0.3, 0.4) is 0 Å². The van der Waals surface area contributed by atoms with Crippen molar-refractivity contribution in [3.8, 4) is 0 Å². The fourth-order valence-corrected chi connectivity index (χ4v) is 2.49. The van der Waals surface area contributed by atoms with Crippen molar-refractivity contribution in [1.82, 2.24) is 0 Å². The maximum atomic E-state index is 11.5. The van der Waals surface area contributed by atoms with Gasteiger partial charge in [-0.25, -0.2) is 0 Å². The first-order chi connectivity index (χ1) is 15.6. The SMILES string of the molecule is O=C(CS)OCC(CO)(COCC(CO)(COC(=O)CS)COC(=O)CS)COC(=O)CS. The van der Waals surface area contributed by atoms with Crippen molar-refractivity contribution in [2.75, 3.05) is 75.9 Å². The lowest BCUT2D eigenvalue weighted by molar-refractivity contribution is -0.165. The maximum Gasteiger partial charge on any atom is 0.315 e. The predicted molar refractivity (Wildman–Crippen MR) is 129 cm³/mol. The van der Waals surface area contributed by atoms with Crippen LogP contribution in [0.1, 0.15) is 0 Å². The fraction of sp³-hybridized carbons (Fsp3) is 0.778. The van der Waals surface area contributed by atoms with Crippen molar-refractivity contribution < 1.29 is 53.1 Å². The summed E-state index contributed by atoms with van der Waals surface area (Å²) in [4.78, 5) is 46.1. The van der Waals surface area contributed by atoms with Crippen LogP contribution in [0.15, 0.2) is 0 Å². The highest BCUT2D eigenvalue weighted by Crippen LogP contribution is 2.24. The van der Waals surface area contributed by atoms with Gasteiger partial charge in [0.1, 0.15) is 26.4 Å². The molecule has 0 aliphatic carbocycles. The van der Waals surface area contributed by atoms with E-state index in [4.69, 9.17) is 23.7 Å². The summed E-state index contributed by atoms with van der Waals surface area (Å²) >= 11 is 15.2. The van der Waals surface area contributed by atoms with Crippen molar-refractivity contribution in [1.29, 1.82) is 0 Å². The number of hydrogen-bond donors (Lipinski definition) is 6. The summed E-state index contributed by atoms with van der Waals surface area (Å²) in [7, 11) is 0. The molecule has 0 aliphatic rings. The maximum absolute atomic E-state index is 11.5. The van der Waals surface area contributed by atoms with Gasteiger partial charge in [-0.2, -0.15) is 50.5 Å². The first-order valence-corrected chi connectivity index (χ1v) is 12.0. The molecule has 0 saturated carbocycles. The molecule has 0 unspecified atom stereocenters. The van der Waals surface area contributed by atoms with Gasteiger partial charge in [0.25, 0.3) is 0 Å². The Labute approximate surface area is 213 Å². The monoisotopic (exact) mass is 550 g/mol. The van der Waals surface area contributed by atoms with Gasteiger partial charge in [-0.15, -0.1) is 0 Å². The Morgan fingerprint density at radius 1 is 0.515 bits per heavy atom. The molecule has 0 spiro atoms. The van der Waals surface area contributed by atoms with Crippen molar-refractivity contribution >= 4 is 74.4 Å². The van der Waals surface area contributed by atoms with E-state index < -0.39 is 47.9 Å². The minimum atomic E-state index is -1.35. The summed E-state index contributed by atoms with van der Waals surface area (Å²) in [6.45, 7) is -3.24. The Morgan fingerprint density at radius 3 is 0.939 bits per heavy atom. The molecule has 15 heteroatoms. The van der Waals surface area contributed by atoms with Crippen molar-refractivity contribution in [3.63, 3.8) is 0 Å². The van der Waals surface area contributed by atoms with Gasteiger partial charge in [-0.1, -0.05) is 0 Å². The first kappa shape index (κ1) is 32.2. The number of thiol groups is 4. The third-order valence-electron chi connectivity index (χ3n) is 4.16. The van der Waals surface area contributed by atoms with Gasteiger partial charge < -0.3 is 33.9 Å². The van der Waals surface area contributed by atoms with Crippen LogP contribution in [-0.2, 0) is 42.9 Å².